The number of hydrogen-bond acceptors (Lipinski definition) is 3. The number of aromatic amines is 1. The fraction of sp³-hybridized carbons (Fsp3) is 0.261. The zero-order valence-corrected chi connectivity index (χ0v) is 15.5. The molecule has 4 nitrogen and oxygen atoms in total. The minimum absolute atomic E-state index is 0.0493. The largest absolute Gasteiger partial charge is 0.358 e. The molecule has 0 saturated carbocycles. The van der Waals surface area contributed by atoms with Gasteiger partial charge in [0.05, 0.1) is 5.69 Å². The van der Waals surface area contributed by atoms with Crippen molar-refractivity contribution in [2.45, 2.75) is 33.1 Å². The van der Waals surface area contributed by atoms with Crippen molar-refractivity contribution in [3.63, 3.8) is 0 Å². The van der Waals surface area contributed by atoms with E-state index in [2.05, 4.69) is 42.0 Å². The van der Waals surface area contributed by atoms with E-state index in [-0.39, 0.29) is 11.2 Å². The maximum atomic E-state index is 13.0. The van der Waals surface area contributed by atoms with E-state index < -0.39 is 0 Å². The molecule has 0 fully saturated rings. The van der Waals surface area contributed by atoms with E-state index in [1.165, 1.54) is 0 Å². The first-order valence-corrected chi connectivity index (χ1v) is 9.14. The molecule has 2 heterocycles. The average Bonchev–Trinajstić information content (AvgIpc) is 2.99. The lowest BCUT2D eigenvalue weighted by atomic mass is 9.75. The third kappa shape index (κ3) is 3.29. The third-order valence-electron chi connectivity index (χ3n) is 5.14. The van der Waals surface area contributed by atoms with Gasteiger partial charge >= 0.3 is 0 Å². The molecule has 4 rings (SSSR count). The summed E-state index contributed by atoms with van der Waals surface area (Å²) >= 11 is 0. The van der Waals surface area contributed by atoms with Crippen molar-refractivity contribution in [3.05, 3.63) is 76.7 Å². The molecule has 4 heteroatoms. The summed E-state index contributed by atoms with van der Waals surface area (Å²) in [4.78, 5) is 20.6. The number of H-pyrrole nitrogens is 1. The SMILES string of the molecule is CC1(C)CC(=O)c2c([nH]c(-c3ccnc(C#N)c3)c2Cc2ccccc2)C1. The molecule has 1 aromatic carbocycles. The van der Waals surface area contributed by atoms with Gasteiger partial charge in [-0.2, -0.15) is 5.26 Å². The van der Waals surface area contributed by atoms with Crippen LogP contribution in [0.1, 0.15) is 53.1 Å². The van der Waals surface area contributed by atoms with E-state index in [4.69, 9.17) is 0 Å². The second-order valence-corrected chi connectivity index (χ2v) is 7.98. The number of rotatable bonds is 3. The number of ketones is 1. The van der Waals surface area contributed by atoms with Gasteiger partial charge in [0, 0.05) is 35.9 Å². The van der Waals surface area contributed by atoms with E-state index in [1.54, 1.807) is 12.3 Å². The number of carbonyl (C=O) groups excluding carboxylic acids is 1. The summed E-state index contributed by atoms with van der Waals surface area (Å²) < 4.78 is 0. The van der Waals surface area contributed by atoms with Gasteiger partial charge in [-0.05, 0) is 35.1 Å². The van der Waals surface area contributed by atoms with Crippen molar-refractivity contribution in [2.75, 3.05) is 0 Å². The van der Waals surface area contributed by atoms with Crippen molar-refractivity contribution in [2.24, 2.45) is 5.41 Å². The van der Waals surface area contributed by atoms with Crippen molar-refractivity contribution in [1.29, 1.82) is 5.26 Å². The second kappa shape index (κ2) is 6.51. The minimum atomic E-state index is -0.0493. The maximum Gasteiger partial charge on any atom is 0.165 e. The summed E-state index contributed by atoms with van der Waals surface area (Å²) in [5.74, 6) is 0.198. The highest BCUT2D eigenvalue weighted by Crippen LogP contribution is 2.40. The Morgan fingerprint density at radius 3 is 2.70 bits per heavy atom. The van der Waals surface area contributed by atoms with Crippen molar-refractivity contribution >= 4 is 5.78 Å². The summed E-state index contributed by atoms with van der Waals surface area (Å²) in [6.45, 7) is 4.26. The van der Waals surface area contributed by atoms with Gasteiger partial charge in [0.15, 0.2) is 5.78 Å². The average molecular weight is 355 g/mol. The molecular weight excluding hydrogens is 334 g/mol. The normalized spacial score (nSPS) is 15.2. The number of pyridine rings is 1. The Morgan fingerprint density at radius 2 is 1.96 bits per heavy atom. The molecule has 0 aliphatic heterocycles. The van der Waals surface area contributed by atoms with Crippen LogP contribution < -0.4 is 0 Å². The summed E-state index contributed by atoms with van der Waals surface area (Å²) in [5, 5.41) is 9.21. The molecule has 27 heavy (non-hydrogen) atoms. The van der Waals surface area contributed by atoms with Crippen LogP contribution in [0.15, 0.2) is 48.7 Å². The van der Waals surface area contributed by atoms with E-state index in [0.717, 1.165) is 40.1 Å². The van der Waals surface area contributed by atoms with Crippen LogP contribution >= 0.6 is 0 Å². The monoisotopic (exact) mass is 355 g/mol. The standard InChI is InChI=1S/C23H21N3O/c1-23(2)12-19-21(20(27)13-23)18(10-15-6-4-3-5-7-15)22(26-19)16-8-9-25-17(11-16)14-24/h3-9,11,26H,10,12-13H2,1-2H3. The van der Waals surface area contributed by atoms with Gasteiger partial charge in [0.1, 0.15) is 11.8 Å². The molecule has 0 spiro atoms. The Kier molecular flexibility index (Phi) is 4.16. The number of nitrogens with one attached hydrogen (secondary N) is 1. The number of nitriles is 1. The number of aromatic nitrogens is 2. The molecule has 0 amide bonds. The third-order valence-corrected chi connectivity index (χ3v) is 5.14. The highest BCUT2D eigenvalue weighted by molar-refractivity contribution is 6.02. The number of Topliss-reactive ketones (excluding diaryl/α,β-unsaturated/α-hetero) is 1. The molecule has 1 aliphatic rings. The van der Waals surface area contributed by atoms with Crippen LogP contribution in [0.2, 0.25) is 0 Å². The molecule has 3 aromatic rings. The molecule has 0 atom stereocenters. The predicted octanol–water partition coefficient (Wildman–Crippen LogP) is 4.69. The molecule has 1 N–H and O–H groups in total. The Bertz CT molecular complexity index is 1050. The van der Waals surface area contributed by atoms with E-state index in [1.807, 2.05) is 24.3 Å². The topological polar surface area (TPSA) is 69.5 Å². The molecule has 0 bridgehead atoms. The van der Waals surface area contributed by atoms with Crippen LogP contribution in [-0.4, -0.2) is 15.8 Å². The fourth-order valence-corrected chi connectivity index (χ4v) is 4.00. The molecule has 134 valence electrons. The van der Waals surface area contributed by atoms with Gasteiger partial charge in [-0.25, -0.2) is 4.98 Å². The van der Waals surface area contributed by atoms with Gasteiger partial charge in [-0.15, -0.1) is 0 Å². The van der Waals surface area contributed by atoms with Crippen LogP contribution in [0.3, 0.4) is 0 Å². The first-order valence-electron chi connectivity index (χ1n) is 9.14. The number of fused-ring (bicyclic) bond motifs is 1. The minimum Gasteiger partial charge on any atom is -0.358 e. The van der Waals surface area contributed by atoms with Crippen molar-refractivity contribution < 1.29 is 4.79 Å². The van der Waals surface area contributed by atoms with Crippen molar-refractivity contribution in [1.82, 2.24) is 9.97 Å². The molecule has 1 aliphatic carbocycles. The summed E-state index contributed by atoms with van der Waals surface area (Å²) in [7, 11) is 0. The Balaban J connectivity index is 1.90. The van der Waals surface area contributed by atoms with Gasteiger partial charge in [0.25, 0.3) is 0 Å². The van der Waals surface area contributed by atoms with Crippen LogP contribution in [0.5, 0.6) is 0 Å². The number of nitrogens with zero attached hydrogens (tertiary/aromatic N) is 2. The van der Waals surface area contributed by atoms with Crippen LogP contribution in [0.25, 0.3) is 11.3 Å². The first kappa shape index (κ1) is 17.2. The molecule has 0 radical (unpaired) electrons. The lowest BCUT2D eigenvalue weighted by molar-refractivity contribution is 0.0911. The molecule has 0 unspecified atom stereocenters. The maximum absolute atomic E-state index is 13.0. The lowest BCUT2D eigenvalue weighted by Crippen LogP contribution is -2.27. The Labute approximate surface area is 158 Å². The zero-order valence-electron chi connectivity index (χ0n) is 15.5. The van der Waals surface area contributed by atoms with Crippen LogP contribution in [0, 0.1) is 16.7 Å². The first-order chi connectivity index (χ1) is 13.0. The molecular formula is C23H21N3O. The molecule has 0 saturated heterocycles. The van der Waals surface area contributed by atoms with Gasteiger partial charge in [-0.1, -0.05) is 44.2 Å². The highest BCUT2D eigenvalue weighted by Gasteiger charge is 2.35. The predicted molar refractivity (Wildman–Crippen MR) is 104 cm³/mol. The number of carbonyl (C=O) groups is 1. The smallest absolute Gasteiger partial charge is 0.165 e. The fourth-order valence-electron chi connectivity index (χ4n) is 4.00. The van der Waals surface area contributed by atoms with Crippen molar-refractivity contribution in [3.8, 4) is 17.3 Å². The second-order valence-electron chi connectivity index (χ2n) is 7.98. The van der Waals surface area contributed by atoms with Gasteiger partial charge < -0.3 is 4.98 Å². The summed E-state index contributed by atoms with van der Waals surface area (Å²) in [6.07, 6.45) is 3.72. The quantitative estimate of drug-likeness (QED) is 0.741. The summed E-state index contributed by atoms with van der Waals surface area (Å²) in [5.41, 5.74) is 6.17. The summed E-state index contributed by atoms with van der Waals surface area (Å²) in [6, 6.07) is 15.9. The Morgan fingerprint density at radius 1 is 1.19 bits per heavy atom. The van der Waals surface area contributed by atoms with E-state index in [9.17, 15) is 10.1 Å². The Hall–Kier alpha value is -3.19. The van der Waals surface area contributed by atoms with E-state index >= 15 is 0 Å². The number of hydrogen-bond donors (Lipinski definition) is 1. The van der Waals surface area contributed by atoms with E-state index in [0.29, 0.717) is 18.5 Å². The van der Waals surface area contributed by atoms with Crippen LogP contribution in [0.4, 0.5) is 0 Å². The van der Waals surface area contributed by atoms with Gasteiger partial charge in [-0.3, -0.25) is 4.79 Å². The lowest BCUT2D eigenvalue weighted by Gasteiger charge is -2.28. The molecule has 2 aromatic heterocycles. The highest BCUT2D eigenvalue weighted by atomic mass is 16.1. The van der Waals surface area contributed by atoms with Gasteiger partial charge in [0.2, 0.25) is 0 Å². The number of benzene rings is 1. The zero-order chi connectivity index (χ0) is 19.0. The van der Waals surface area contributed by atoms with Crippen LogP contribution in [-0.2, 0) is 12.8 Å².